The minimum Gasteiger partial charge on any atom is -0.374 e. The second-order valence-corrected chi connectivity index (χ2v) is 9.75. The van der Waals surface area contributed by atoms with E-state index in [0.29, 0.717) is 30.9 Å². The molecule has 1 unspecified atom stereocenters. The van der Waals surface area contributed by atoms with E-state index in [-0.39, 0.29) is 18.4 Å². The van der Waals surface area contributed by atoms with Crippen molar-refractivity contribution in [2.75, 3.05) is 11.9 Å². The number of carbonyl (C=O) groups excluding carboxylic acids is 3. The number of hydrogen-bond donors (Lipinski definition) is 3. The average Bonchev–Trinajstić information content (AvgIpc) is 3.31. The van der Waals surface area contributed by atoms with E-state index < -0.39 is 17.5 Å². The van der Waals surface area contributed by atoms with Gasteiger partial charge in [-0.2, -0.15) is 0 Å². The quantitative estimate of drug-likeness (QED) is 0.418. The molecule has 37 heavy (non-hydrogen) atoms. The van der Waals surface area contributed by atoms with Gasteiger partial charge in [-0.05, 0) is 54.8 Å². The molecule has 192 valence electrons. The van der Waals surface area contributed by atoms with E-state index in [2.05, 4.69) is 10.6 Å². The molecule has 0 spiro atoms. The first-order valence-electron chi connectivity index (χ1n) is 12.2. The Labute approximate surface area is 216 Å². The zero-order valence-electron chi connectivity index (χ0n) is 21.1. The van der Waals surface area contributed by atoms with E-state index >= 15 is 0 Å². The summed E-state index contributed by atoms with van der Waals surface area (Å²) in [5.74, 6) is -0.886. The number of fused-ring (bicyclic) bond motifs is 1. The number of hydrogen-bond acceptors (Lipinski definition) is 5. The molecule has 8 nitrogen and oxygen atoms in total. The van der Waals surface area contributed by atoms with Crippen molar-refractivity contribution >= 4 is 23.4 Å². The number of ether oxygens (including phenoxy) is 1. The molecule has 1 heterocycles. The average molecular weight is 501 g/mol. The lowest BCUT2D eigenvalue weighted by Gasteiger charge is -2.27. The van der Waals surface area contributed by atoms with Crippen LogP contribution in [0.2, 0.25) is 0 Å². The molecular weight excluding hydrogens is 468 g/mol. The third kappa shape index (κ3) is 6.81. The molecule has 0 saturated carbocycles. The Morgan fingerprint density at radius 3 is 2.27 bits per heavy atom. The zero-order chi connectivity index (χ0) is 26.4. The molecule has 0 radical (unpaired) electrons. The number of nitrogens with zero attached hydrogens (tertiary/aromatic N) is 1. The molecule has 1 atom stereocenters. The van der Waals surface area contributed by atoms with E-state index in [1.165, 1.54) is 0 Å². The molecule has 1 aliphatic rings. The van der Waals surface area contributed by atoms with E-state index in [1.54, 1.807) is 30.9 Å². The number of nitrogens with two attached hydrogens (primary N) is 1. The van der Waals surface area contributed by atoms with Gasteiger partial charge in [0, 0.05) is 24.3 Å². The van der Waals surface area contributed by atoms with Crippen LogP contribution in [0, 0.1) is 0 Å². The summed E-state index contributed by atoms with van der Waals surface area (Å²) in [6.45, 7) is 4.27. The van der Waals surface area contributed by atoms with Gasteiger partial charge in [0.15, 0.2) is 0 Å². The summed E-state index contributed by atoms with van der Waals surface area (Å²) >= 11 is 0. The van der Waals surface area contributed by atoms with Gasteiger partial charge in [-0.1, -0.05) is 54.6 Å². The van der Waals surface area contributed by atoms with E-state index in [1.807, 2.05) is 66.7 Å². The standard InChI is InChI=1S/C29H32N4O4/c1-29(2,30)28(36)32-25(19-37-18-20-9-5-3-6-10-20)27(35)33-16-22-13-14-24(15-23(22)17-33)31-26(34)21-11-7-4-8-12-21/h3-15,25H,16-19,30H2,1-2H3,(H,31,34)(H,32,36). The van der Waals surface area contributed by atoms with Gasteiger partial charge in [0.05, 0.1) is 18.8 Å². The third-order valence-corrected chi connectivity index (χ3v) is 6.12. The van der Waals surface area contributed by atoms with E-state index in [0.717, 1.165) is 16.7 Å². The van der Waals surface area contributed by atoms with Crippen molar-refractivity contribution in [2.24, 2.45) is 5.73 Å². The molecule has 4 N–H and O–H groups in total. The molecule has 0 aliphatic carbocycles. The van der Waals surface area contributed by atoms with Crippen LogP contribution in [0.1, 0.15) is 40.9 Å². The summed E-state index contributed by atoms with van der Waals surface area (Å²) < 4.78 is 5.81. The molecule has 0 bridgehead atoms. The maximum Gasteiger partial charge on any atom is 0.255 e. The predicted molar refractivity (Wildman–Crippen MR) is 141 cm³/mol. The number of benzene rings is 3. The van der Waals surface area contributed by atoms with Gasteiger partial charge in [0.1, 0.15) is 6.04 Å². The lowest BCUT2D eigenvalue weighted by molar-refractivity contribution is -0.140. The van der Waals surface area contributed by atoms with Crippen LogP contribution in [0.5, 0.6) is 0 Å². The summed E-state index contributed by atoms with van der Waals surface area (Å²) in [6, 6.07) is 23.3. The van der Waals surface area contributed by atoms with Crippen LogP contribution >= 0.6 is 0 Å². The molecule has 0 fully saturated rings. The fraction of sp³-hybridized carbons (Fsp3) is 0.276. The maximum atomic E-state index is 13.5. The van der Waals surface area contributed by atoms with Crippen molar-refractivity contribution in [3.8, 4) is 0 Å². The molecule has 0 aromatic heterocycles. The first-order valence-corrected chi connectivity index (χ1v) is 12.2. The highest BCUT2D eigenvalue weighted by Gasteiger charge is 2.33. The minimum atomic E-state index is -1.14. The Balaban J connectivity index is 1.42. The summed E-state index contributed by atoms with van der Waals surface area (Å²) in [7, 11) is 0. The largest absolute Gasteiger partial charge is 0.374 e. The second-order valence-electron chi connectivity index (χ2n) is 9.75. The fourth-order valence-corrected chi connectivity index (χ4v) is 4.03. The smallest absolute Gasteiger partial charge is 0.255 e. The lowest BCUT2D eigenvalue weighted by Crippen LogP contribution is -2.57. The maximum absolute atomic E-state index is 13.5. The van der Waals surface area contributed by atoms with Crippen LogP contribution in [-0.2, 0) is 34.0 Å². The van der Waals surface area contributed by atoms with Crippen molar-refractivity contribution in [3.05, 3.63) is 101 Å². The lowest BCUT2D eigenvalue weighted by atomic mass is 10.1. The van der Waals surface area contributed by atoms with Gasteiger partial charge in [0.2, 0.25) is 11.8 Å². The Morgan fingerprint density at radius 1 is 0.946 bits per heavy atom. The van der Waals surface area contributed by atoms with Crippen LogP contribution in [0.3, 0.4) is 0 Å². The highest BCUT2D eigenvalue weighted by atomic mass is 16.5. The summed E-state index contributed by atoms with van der Waals surface area (Å²) in [4.78, 5) is 40.3. The van der Waals surface area contributed by atoms with Crippen LogP contribution in [-0.4, -0.2) is 40.8 Å². The van der Waals surface area contributed by atoms with Gasteiger partial charge in [0.25, 0.3) is 5.91 Å². The summed E-state index contributed by atoms with van der Waals surface area (Å²) in [5, 5.41) is 5.67. The van der Waals surface area contributed by atoms with E-state index in [4.69, 9.17) is 10.5 Å². The van der Waals surface area contributed by atoms with Crippen molar-refractivity contribution in [1.29, 1.82) is 0 Å². The molecule has 8 heteroatoms. The Bertz CT molecular complexity index is 1260. The molecule has 3 aromatic carbocycles. The van der Waals surface area contributed by atoms with Crippen LogP contribution in [0.15, 0.2) is 78.9 Å². The summed E-state index contributed by atoms with van der Waals surface area (Å²) in [5.41, 5.74) is 8.93. The minimum absolute atomic E-state index is 0.0147. The van der Waals surface area contributed by atoms with Gasteiger partial charge < -0.3 is 26.0 Å². The number of anilines is 1. The van der Waals surface area contributed by atoms with Gasteiger partial charge >= 0.3 is 0 Å². The number of nitrogens with one attached hydrogen (secondary N) is 2. The first-order chi connectivity index (χ1) is 17.7. The summed E-state index contributed by atoms with van der Waals surface area (Å²) in [6.07, 6.45) is 0. The molecule has 1 aliphatic heterocycles. The number of carbonyl (C=O) groups is 3. The number of amides is 3. The van der Waals surface area contributed by atoms with Gasteiger partial charge in [-0.25, -0.2) is 0 Å². The van der Waals surface area contributed by atoms with Crippen molar-refractivity contribution in [1.82, 2.24) is 10.2 Å². The molecule has 3 aromatic rings. The van der Waals surface area contributed by atoms with Crippen LogP contribution in [0.4, 0.5) is 5.69 Å². The molecule has 3 amide bonds. The van der Waals surface area contributed by atoms with Crippen LogP contribution < -0.4 is 16.4 Å². The zero-order valence-corrected chi connectivity index (χ0v) is 21.1. The van der Waals surface area contributed by atoms with Gasteiger partial charge in [-0.3, -0.25) is 14.4 Å². The Kier molecular flexibility index (Phi) is 8.01. The fourth-order valence-electron chi connectivity index (χ4n) is 4.03. The van der Waals surface area contributed by atoms with E-state index in [9.17, 15) is 14.4 Å². The van der Waals surface area contributed by atoms with Crippen molar-refractivity contribution in [2.45, 2.75) is 45.1 Å². The Hall–Kier alpha value is -4.01. The normalized spacial score (nSPS) is 13.5. The number of rotatable bonds is 9. The first kappa shape index (κ1) is 26.1. The second kappa shape index (κ2) is 11.4. The monoisotopic (exact) mass is 500 g/mol. The van der Waals surface area contributed by atoms with Crippen molar-refractivity contribution in [3.63, 3.8) is 0 Å². The molecule has 4 rings (SSSR count). The van der Waals surface area contributed by atoms with Crippen molar-refractivity contribution < 1.29 is 19.1 Å². The molecular formula is C29H32N4O4. The third-order valence-electron chi connectivity index (χ3n) is 6.12. The molecule has 0 saturated heterocycles. The highest BCUT2D eigenvalue weighted by Crippen LogP contribution is 2.27. The van der Waals surface area contributed by atoms with Crippen LogP contribution in [0.25, 0.3) is 0 Å². The highest BCUT2D eigenvalue weighted by molar-refractivity contribution is 6.04. The van der Waals surface area contributed by atoms with Gasteiger partial charge in [-0.15, -0.1) is 0 Å². The Morgan fingerprint density at radius 2 is 1.59 bits per heavy atom. The SMILES string of the molecule is CC(C)(N)C(=O)NC(COCc1ccccc1)C(=O)N1Cc2ccc(NC(=O)c3ccccc3)cc2C1. The topological polar surface area (TPSA) is 114 Å². The predicted octanol–water partition coefficient (Wildman–Crippen LogP) is 3.22.